The summed E-state index contributed by atoms with van der Waals surface area (Å²) in [6, 6.07) is 9.78. The van der Waals surface area contributed by atoms with Crippen molar-refractivity contribution < 1.29 is 4.52 Å². The van der Waals surface area contributed by atoms with E-state index in [1.165, 1.54) is 0 Å². The number of imidazole rings is 1. The van der Waals surface area contributed by atoms with Gasteiger partial charge in [-0.25, -0.2) is 4.98 Å². The second-order valence-corrected chi connectivity index (χ2v) is 4.91. The summed E-state index contributed by atoms with van der Waals surface area (Å²) >= 11 is 0. The Bertz CT molecular complexity index is 705. The van der Waals surface area contributed by atoms with Gasteiger partial charge in [-0.2, -0.15) is 4.98 Å². The number of nitrogens with zero attached hydrogens (tertiary/aromatic N) is 4. The van der Waals surface area contributed by atoms with Crippen LogP contribution in [0, 0.1) is 0 Å². The summed E-state index contributed by atoms with van der Waals surface area (Å²) in [5.74, 6) is 1.19. The lowest BCUT2D eigenvalue weighted by atomic mass is 10.2. The first-order chi connectivity index (χ1) is 10.8. The molecule has 0 amide bonds. The minimum absolute atomic E-state index is 0.560. The van der Waals surface area contributed by atoms with Crippen molar-refractivity contribution in [2.75, 3.05) is 6.54 Å². The summed E-state index contributed by atoms with van der Waals surface area (Å²) in [7, 11) is 0. The van der Waals surface area contributed by atoms with Gasteiger partial charge in [0.2, 0.25) is 11.7 Å². The summed E-state index contributed by atoms with van der Waals surface area (Å²) < 4.78 is 5.35. The SMILES string of the molecule is C=CCN(Cc1cnc[nH]1)Cc1nc(-c2ccccc2)no1. The van der Waals surface area contributed by atoms with Gasteiger partial charge in [0.1, 0.15) is 0 Å². The zero-order chi connectivity index (χ0) is 15.2. The molecule has 3 aromatic rings. The number of nitrogens with one attached hydrogen (secondary N) is 1. The van der Waals surface area contributed by atoms with Crippen molar-refractivity contribution in [1.82, 2.24) is 25.0 Å². The van der Waals surface area contributed by atoms with Crippen LogP contribution in [0.4, 0.5) is 0 Å². The maximum Gasteiger partial charge on any atom is 0.241 e. The molecule has 2 aromatic heterocycles. The van der Waals surface area contributed by atoms with Crippen LogP contribution in [-0.4, -0.2) is 31.6 Å². The molecule has 0 unspecified atom stereocenters. The Labute approximate surface area is 128 Å². The van der Waals surface area contributed by atoms with E-state index >= 15 is 0 Å². The molecule has 0 saturated heterocycles. The maximum atomic E-state index is 5.35. The molecule has 6 nitrogen and oxygen atoms in total. The minimum atomic E-state index is 0.560. The number of aromatic nitrogens is 4. The van der Waals surface area contributed by atoms with E-state index in [-0.39, 0.29) is 0 Å². The summed E-state index contributed by atoms with van der Waals surface area (Å²) in [4.78, 5) is 13.7. The number of benzene rings is 1. The molecule has 0 saturated carbocycles. The zero-order valence-electron chi connectivity index (χ0n) is 12.1. The van der Waals surface area contributed by atoms with E-state index in [4.69, 9.17) is 4.52 Å². The van der Waals surface area contributed by atoms with Gasteiger partial charge in [-0.1, -0.05) is 41.6 Å². The molecule has 3 rings (SSSR count). The number of H-pyrrole nitrogens is 1. The van der Waals surface area contributed by atoms with Crippen molar-refractivity contribution in [3.8, 4) is 11.4 Å². The zero-order valence-corrected chi connectivity index (χ0v) is 12.1. The van der Waals surface area contributed by atoms with Crippen LogP contribution in [0.2, 0.25) is 0 Å². The van der Waals surface area contributed by atoms with Crippen LogP contribution in [0.25, 0.3) is 11.4 Å². The molecule has 112 valence electrons. The first kappa shape index (κ1) is 14.2. The van der Waals surface area contributed by atoms with Gasteiger partial charge in [-0.05, 0) is 0 Å². The molecule has 6 heteroatoms. The Kier molecular flexibility index (Phi) is 4.41. The topological polar surface area (TPSA) is 70.8 Å². The van der Waals surface area contributed by atoms with Gasteiger partial charge in [-0.15, -0.1) is 6.58 Å². The van der Waals surface area contributed by atoms with Gasteiger partial charge in [0, 0.05) is 30.5 Å². The highest BCUT2D eigenvalue weighted by Crippen LogP contribution is 2.16. The minimum Gasteiger partial charge on any atom is -0.347 e. The van der Waals surface area contributed by atoms with Crippen LogP contribution < -0.4 is 0 Å². The number of rotatable bonds is 7. The lowest BCUT2D eigenvalue weighted by Gasteiger charge is -2.17. The predicted octanol–water partition coefficient (Wildman–Crippen LogP) is 2.65. The second kappa shape index (κ2) is 6.82. The van der Waals surface area contributed by atoms with E-state index in [0.717, 1.165) is 24.3 Å². The fourth-order valence-electron chi connectivity index (χ4n) is 2.19. The van der Waals surface area contributed by atoms with Crippen LogP contribution in [0.15, 0.2) is 60.0 Å². The van der Waals surface area contributed by atoms with Gasteiger partial charge >= 0.3 is 0 Å². The molecule has 0 aliphatic carbocycles. The van der Waals surface area contributed by atoms with Gasteiger partial charge in [0.25, 0.3) is 0 Å². The molecule has 1 aromatic carbocycles. The van der Waals surface area contributed by atoms with Crippen molar-refractivity contribution in [1.29, 1.82) is 0 Å². The standard InChI is InChI=1S/C16H17N5O/c1-2-8-21(10-14-9-17-12-18-14)11-15-19-16(20-22-15)13-6-4-3-5-7-13/h2-7,9,12H,1,8,10-11H2,(H,17,18). The van der Waals surface area contributed by atoms with Crippen LogP contribution >= 0.6 is 0 Å². The van der Waals surface area contributed by atoms with Crippen molar-refractivity contribution in [2.24, 2.45) is 0 Å². The summed E-state index contributed by atoms with van der Waals surface area (Å²) in [5.41, 5.74) is 1.98. The largest absolute Gasteiger partial charge is 0.347 e. The molecule has 0 aliphatic rings. The fraction of sp³-hybridized carbons (Fsp3) is 0.188. The summed E-state index contributed by atoms with van der Waals surface area (Å²) in [6.07, 6.45) is 5.33. The highest BCUT2D eigenvalue weighted by atomic mass is 16.5. The predicted molar refractivity (Wildman–Crippen MR) is 82.6 cm³/mol. The molecule has 0 atom stereocenters. The smallest absolute Gasteiger partial charge is 0.241 e. The average molecular weight is 295 g/mol. The first-order valence-corrected chi connectivity index (χ1v) is 7.03. The van der Waals surface area contributed by atoms with Crippen molar-refractivity contribution >= 4 is 0 Å². The Hall–Kier alpha value is -2.73. The highest BCUT2D eigenvalue weighted by molar-refractivity contribution is 5.53. The van der Waals surface area contributed by atoms with Gasteiger partial charge < -0.3 is 9.51 Å². The van der Waals surface area contributed by atoms with Crippen LogP contribution in [-0.2, 0) is 13.1 Å². The molecule has 0 aliphatic heterocycles. The lowest BCUT2D eigenvalue weighted by Crippen LogP contribution is -2.23. The number of hydrogen-bond donors (Lipinski definition) is 1. The van der Waals surface area contributed by atoms with E-state index < -0.39 is 0 Å². The van der Waals surface area contributed by atoms with Crippen LogP contribution in [0.3, 0.4) is 0 Å². The monoisotopic (exact) mass is 295 g/mol. The normalized spacial score (nSPS) is 11.0. The van der Waals surface area contributed by atoms with Gasteiger partial charge in [-0.3, -0.25) is 4.90 Å². The third-order valence-electron chi connectivity index (χ3n) is 3.20. The van der Waals surface area contributed by atoms with Gasteiger partial charge in [0.15, 0.2) is 0 Å². The first-order valence-electron chi connectivity index (χ1n) is 7.03. The van der Waals surface area contributed by atoms with Crippen molar-refractivity contribution in [3.63, 3.8) is 0 Å². The molecule has 0 spiro atoms. The van der Waals surface area contributed by atoms with E-state index in [9.17, 15) is 0 Å². The summed E-state index contributed by atoms with van der Waals surface area (Å²) in [5, 5.41) is 4.04. The molecule has 2 heterocycles. The third-order valence-corrected chi connectivity index (χ3v) is 3.20. The van der Waals surface area contributed by atoms with E-state index in [0.29, 0.717) is 18.3 Å². The fourth-order valence-corrected chi connectivity index (χ4v) is 2.19. The number of hydrogen-bond acceptors (Lipinski definition) is 5. The maximum absolute atomic E-state index is 5.35. The second-order valence-electron chi connectivity index (χ2n) is 4.91. The molecule has 1 N–H and O–H groups in total. The molecule has 0 radical (unpaired) electrons. The van der Waals surface area contributed by atoms with Gasteiger partial charge in [0.05, 0.1) is 12.9 Å². The average Bonchev–Trinajstić information content (AvgIpc) is 3.20. The van der Waals surface area contributed by atoms with Crippen molar-refractivity contribution in [3.05, 3.63) is 67.1 Å². The Morgan fingerprint density at radius 2 is 2.09 bits per heavy atom. The number of aromatic amines is 1. The highest BCUT2D eigenvalue weighted by Gasteiger charge is 2.13. The molecular weight excluding hydrogens is 278 g/mol. The lowest BCUT2D eigenvalue weighted by molar-refractivity contribution is 0.237. The molecular formula is C16H17N5O. The third kappa shape index (κ3) is 3.48. The quantitative estimate of drug-likeness (QED) is 0.678. The summed E-state index contributed by atoms with van der Waals surface area (Å²) in [6.45, 7) is 5.79. The van der Waals surface area contributed by atoms with E-state index in [1.54, 1.807) is 12.5 Å². The molecule has 0 fully saturated rings. The van der Waals surface area contributed by atoms with Crippen molar-refractivity contribution in [2.45, 2.75) is 13.1 Å². The Balaban J connectivity index is 1.70. The van der Waals surface area contributed by atoms with Crippen LogP contribution in [0.1, 0.15) is 11.6 Å². The Morgan fingerprint density at radius 1 is 1.23 bits per heavy atom. The molecule has 22 heavy (non-hydrogen) atoms. The molecule has 0 bridgehead atoms. The Morgan fingerprint density at radius 3 is 2.82 bits per heavy atom. The van der Waals surface area contributed by atoms with Crippen LogP contribution in [0.5, 0.6) is 0 Å². The van der Waals surface area contributed by atoms with E-state index in [1.807, 2.05) is 36.4 Å². The van der Waals surface area contributed by atoms with E-state index in [2.05, 4.69) is 31.6 Å².